The molecule has 0 aromatic heterocycles. The number of anilines is 2. The summed E-state index contributed by atoms with van der Waals surface area (Å²) in [4.78, 5) is 27.2. The van der Waals surface area contributed by atoms with Gasteiger partial charge in [-0.2, -0.15) is 0 Å². The van der Waals surface area contributed by atoms with Crippen LogP contribution in [0.2, 0.25) is 0 Å². The Morgan fingerprint density at radius 2 is 1.70 bits per heavy atom. The smallest absolute Gasteiger partial charge is 0.256 e. The molecule has 3 rings (SSSR count). The maximum absolute atomic E-state index is 12.9. The van der Waals surface area contributed by atoms with Crippen LogP contribution in [-0.4, -0.2) is 36.3 Å². The van der Waals surface area contributed by atoms with Crippen LogP contribution >= 0.6 is 0 Å². The van der Waals surface area contributed by atoms with E-state index < -0.39 is 0 Å². The van der Waals surface area contributed by atoms with E-state index >= 15 is 0 Å². The lowest BCUT2D eigenvalue weighted by Crippen LogP contribution is -2.30. The first kappa shape index (κ1) is 19.0. The van der Waals surface area contributed by atoms with Gasteiger partial charge < -0.3 is 15.5 Å². The van der Waals surface area contributed by atoms with Crippen molar-refractivity contribution in [3.05, 3.63) is 59.2 Å². The maximum Gasteiger partial charge on any atom is 0.256 e. The third-order valence-electron chi connectivity index (χ3n) is 4.99. The van der Waals surface area contributed by atoms with Crippen molar-refractivity contribution >= 4 is 23.2 Å². The van der Waals surface area contributed by atoms with Gasteiger partial charge in [0, 0.05) is 24.5 Å². The number of carbonyl (C=O) groups is 2. The Bertz CT molecular complexity index is 826. The molecular formula is C22H27N3O2. The fourth-order valence-corrected chi connectivity index (χ4v) is 3.50. The number of aryl methyl sites for hydroxylation is 2. The minimum Gasteiger partial charge on any atom is -0.375 e. The number of amides is 2. The monoisotopic (exact) mass is 365 g/mol. The highest BCUT2D eigenvalue weighted by atomic mass is 16.2. The predicted molar refractivity (Wildman–Crippen MR) is 109 cm³/mol. The van der Waals surface area contributed by atoms with Gasteiger partial charge in [0.2, 0.25) is 5.91 Å². The lowest BCUT2D eigenvalue weighted by atomic mass is 10.0. The van der Waals surface area contributed by atoms with Crippen molar-refractivity contribution in [2.45, 2.75) is 33.1 Å². The molecule has 0 spiro atoms. The molecule has 0 unspecified atom stereocenters. The summed E-state index contributed by atoms with van der Waals surface area (Å²) >= 11 is 0. The number of nitrogens with one attached hydrogen (secondary N) is 2. The molecule has 0 bridgehead atoms. The molecule has 27 heavy (non-hydrogen) atoms. The van der Waals surface area contributed by atoms with Gasteiger partial charge >= 0.3 is 0 Å². The second kappa shape index (κ2) is 8.71. The summed E-state index contributed by atoms with van der Waals surface area (Å²) in [5.41, 5.74) is 4.25. The molecule has 1 saturated heterocycles. The summed E-state index contributed by atoms with van der Waals surface area (Å²) < 4.78 is 0. The Morgan fingerprint density at radius 3 is 2.44 bits per heavy atom. The minimum atomic E-state index is -0.128. The molecule has 2 N–H and O–H groups in total. The zero-order valence-corrected chi connectivity index (χ0v) is 16.0. The van der Waals surface area contributed by atoms with Crippen LogP contribution in [-0.2, 0) is 11.2 Å². The number of benzene rings is 2. The van der Waals surface area contributed by atoms with E-state index in [1.54, 1.807) is 0 Å². The Kier molecular flexibility index (Phi) is 6.12. The van der Waals surface area contributed by atoms with Crippen molar-refractivity contribution in [1.82, 2.24) is 4.90 Å². The van der Waals surface area contributed by atoms with Gasteiger partial charge in [0.05, 0.1) is 12.1 Å². The van der Waals surface area contributed by atoms with E-state index in [4.69, 9.17) is 0 Å². The lowest BCUT2D eigenvalue weighted by Gasteiger charge is -2.20. The number of hydrogen-bond acceptors (Lipinski definition) is 3. The number of rotatable bonds is 6. The highest BCUT2D eigenvalue weighted by Gasteiger charge is 2.23. The van der Waals surface area contributed by atoms with E-state index in [1.807, 2.05) is 54.3 Å². The first-order valence-corrected chi connectivity index (χ1v) is 9.60. The van der Waals surface area contributed by atoms with Crippen molar-refractivity contribution in [3.8, 4) is 0 Å². The molecule has 2 aromatic rings. The van der Waals surface area contributed by atoms with E-state index in [9.17, 15) is 9.59 Å². The summed E-state index contributed by atoms with van der Waals surface area (Å²) in [7, 11) is 0. The van der Waals surface area contributed by atoms with Gasteiger partial charge in [-0.1, -0.05) is 37.3 Å². The quantitative estimate of drug-likeness (QED) is 0.817. The van der Waals surface area contributed by atoms with Gasteiger partial charge in [0.15, 0.2) is 0 Å². The second-order valence-electron chi connectivity index (χ2n) is 6.91. The van der Waals surface area contributed by atoms with Gasteiger partial charge in [-0.15, -0.1) is 0 Å². The minimum absolute atomic E-state index is 0.0461. The number of para-hydroxylation sites is 1. The molecule has 0 atom stereocenters. The molecule has 1 aliphatic heterocycles. The SMILES string of the molecule is CCc1ccccc1NC(=O)CNc1cccc(C)c1C(=O)N1CCCC1. The van der Waals surface area contributed by atoms with E-state index in [-0.39, 0.29) is 18.4 Å². The highest BCUT2D eigenvalue weighted by molar-refractivity contribution is 6.02. The Hall–Kier alpha value is -2.82. The van der Waals surface area contributed by atoms with Crippen LogP contribution in [0.3, 0.4) is 0 Å². The fraction of sp³-hybridized carbons (Fsp3) is 0.364. The number of nitrogens with zero attached hydrogens (tertiary/aromatic N) is 1. The van der Waals surface area contributed by atoms with E-state index in [2.05, 4.69) is 17.6 Å². The second-order valence-corrected chi connectivity index (χ2v) is 6.91. The van der Waals surface area contributed by atoms with Gasteiger partial charge in [0.1, 0.15) is 0 Å². The van der Waals surface area contributed by atoms with Crippen LogP contribution in [0, 0.1) is 6.92 Å². The third kappa shape index (κ3) is 4.48. The van der Waals surface area contributed by atoms with Gasteiger partial charge in [-0.25, -0.2) is 0 Å². The molecule has 1 fully saturated rings. The Balaban J connectivity index is 1.69. The molecule has 0 radical (unpaired) electrons. The molecular weight excluding hydrogens is 338 g/mol. The van der Waals surface area contributed by atoms with Crippen LogP contribution in [0.25, 0.3) is 0 Å². The van der Waals surface area contributed by atoms with Crippen molar-refractivity contribution in [3.63, 3.8) is 0 Å². The van der Waals surface area contributed by atoms with Crippen molar-refractivity contribution in [1.29, 1.82) is 0 Å². The van der Waals surface area contributed by atoms with Gasteiger partial charge in [0.25, 0.3) is 5.91 Å². The largest absolute Gasteiger partial charge is 0.375 e. The summed E-state index contributed by atoms with van der Waals surface area (Å²) in [6, 6.07) is 13.5. The molecule has 142 valence electrons. The fourth-order valence-electron chi connectivity index (χ4n) is 3.50. The third-order valence-corrected chi connectivity index (χ3v) is 4.99. The lowest BCUT2D eigenvalue weighted by molar-refractivity contribution is -0.114. The average molecular weight is 365 g/mol. The summed E-state index contributed by atoms with van der Waals surface area (Å²) in [5, 5.41) is 6.11. The summed E-state index contributed by atoms with van der Waals surface area (Å²) in [6.45, 7) is 5.72. The van der Waals surface area contributed by atoms with Crippen LogP contribution in [0.4, 0.5) is 11.4 Å². The molecule has 2 aromatic carbocycles. The van der Waals surface area contributed by atoms with Gasteiger partial charge in [-0.3, -0.25) is 9.59 Å². The molecule has 5 nitrogen and oxygen atoms in total. The zero-order chi connectivity index (χ0) is 19.2. The number of hydrogen-bond donors (Lipinski definition) is 2. The Labute approximate surface area is 160 Å². The van der Waals surface area contributed by atoms with E-state index in [0.29, 0.717) is 11.3 Å². The van der Waals surface area contributed by atoms with E-state index in [0.717, 1.165) is 49.2 Å². The topological polar surface area (TPSA) is 61.4 Å². The summed E-state index contributed by atoms with van der Waals surface area (Å²) in [5.74, 6) is -0.0817. The van der Waals surface area contributed by atoms with E-state index in [1.165, 1.54) is 0 Å². The van der Waals surface area contributed by atoms with Crippen LogP contribution in [0.1, 0.15) is 41.3 Å². The molecule has 1 heterocycles. The molecule has 2 amide bonds. The van der Waals surface area contributed by atoms with Crippen molar-refractivity contribution in [2.24, 2.45) is 0 Å². The van der Waals surface area contributed by atoms with Crippen LogP contribution in [0.15, 0.2) is 42.5 Å². The van der Waals surface area contributed by atoms with Crippen molar-refractivity contribution < 1.29 is 9.59 Å². The number of likely N-dealkylation sites (tertiary alicyclic amines) is 1. The first-order chi connectivity index (χ1) is 13.1. The predicted octanol–water partition coefficient (Wildman–Crippen LogP) is 3.84. The zero-order valence-electron chi connectivity index (χ0n) is 16.0. The normalized spacial score (nSPS) is 13.5. The van der Waals surface area contributed by atoms with Crippen LogP contribution in [0.5, 0.6) is 0 Å². The number of carbonyl (C=O) groups excluding carboxylic acids is 2. The molecule has 0 aliphatic carbocycles. The maximum atomic E-state index is 12.9. The standard InChI is InChI=1S/C22H27N3O2/c1-3-17-10-4-5-11-18(17)24-20(26)15-23-19-12-8-9-16(2)21(19)22(27)25-13-6-7-14-25/h4-5,8-12,23H,3,6-7,13-15H2,1-2H3,(H,24,26). The average Bonchev–Trinajstić information content (AvgIpc) is 3.21. The first-order valence-electron chi connectivity index (χ1n) is 9.60. The summed E-state index contributed by atoms with van der Waals surface area (Å²) in [6.07, 6.45) is 2.97. The Morgan fingerprint density at radius 1 is 1.00 bits per heavy atom. The highest BCUT2D eigenvalue weighted by Crippen LogP contribution is 2.23. The molecule has 0 saturated carbocycles. The molecule has 5 heteroatoms. The van der Waals surface area contributed by atoms with Crippen molar-refractivity contribution in [2.75, 3.05) is 30.3 Å². The van der Waals surface area contributed by atoms with Crippen LogP contribution < -0.4 is 10.6 Å². The van der Waals surface area contributed by atoms with Gasteiger partial charge in [-0.05, 0) is 49.4 Å². The molecule has 1 aliphatic rings.